The first-order valence-electron chi connectivity index (χ1n) is 10.2. The molecule has 0 aromatic carbocycles. The smallest absolute Gasteiger partial charge is 0.0683 e. The van der Waals surface area contributed by atoms with Gasteiger partial charge in [-0.3, -0.25) is 0 Å². The Hall–Kier alpha value is -0.860. The second-order valence-corrected chi connectivity index (χ2v) is 7.87. The fraction of sp³-hybridized carbons (Fsp3) is 0.727. The summed E-state index contributed by atoms with van der Waals surface area (Å²) in [5, 5.41) is 0. The molecular formula is C22H35NO. The van der Waals surface area contributed by atoms with Crippen molar-refractivity contribution in [1.82, 2.24) is 0 Å². The summed E-state index contributed by atoms with van der Waals surface area (Å²) in [6.07, 6.45) is 20.1. The van der Waals surface area contributed by atoms with Crippen LogP contribution in [0, 0.1) is 0 Å². The van der Waals surface area contributed by atoms with Crippen LogP contribution in [0.2, 0.25) is 0 Å². The molecule has 0 heterocycles. The SMILES string of the molecule is CCCCC(N)C1=CCC(OCC2=CC3=C(CCCC3)CC2)CC1. The Morgan fingerprint density at radius 2 is 2.04 bits per heavy atom. The molecule has 0 bridgehead atoms. The van der Waals surface area contributed by atoms with Crippen molar-refractivity contribution in [2.75, 3.05) is 6.61 Å². The van der Waals surface area contributed by atoms with Crippen molar-refractivity contribution in [3.8, 4) is 0 Å². The molecule has 3 rings (SSSR count). The summed E-state index contributed by atoms with van der Waals surface area (Å²) in [6, 6.07) is 0.281. The summed E-state index contributed by atoms with van der Waals surface area (Å²) >= 11 is 0. The van der Waals surface area contributed by atoms with Crippen LogP contribution in [0.1, 0.15) is 84.0 Å². The lowest BCUT2D eigenvalue weighted by Crippen LogP contribution is -2.27. The van der Waals surface area contributed by atoms with Crippen molar-refractivity contribution >= 4 is 0 Å². The molecule has 0 radical (unpaired) electrons. The Morgan fingerprint density at radius 3 is 2.83 bits per heavy atom. The van der Waals surface area contributed by atoms with Gasteiger partial charge in [-0.05, 0) is 75.4 Å². The number of hydrogen-bond acceptors (Lipinski definition) is 2. The summed E-state index contributed by atoms with van der Waals surface area (Å²) in [7, 11) is 0. The van der Waals surface area contributed by atoms with Gasteiger partial charge in [-0.25, -0.2) is 0 Å². The monoisotopic (exact) mass is 329 g/mol. The van der Waals surface area contributed by atoms with Crippen LogP contribution in [0.3, 0.4) is 0 Å². The van der Waals surface area contributed by atoms with Crippen LogP contribution < -0.4 is 5.73 Å². The normalized spacial score (nSPS) is 25.8. The predicted molar refractivity (Wildman–Crippen MR) is 102 cm³/mol. The third-order valence-corrected chi connectivity index (χ3v) is 6.00. The van der Waals surface area contributed by atoms with Crippen LogP contribution in [-0.2, 0) is 4.74 Å². The highest BCUT2D eigenvalue weighted by molar-refractivity contribution is 5.35. The van der Waals surface area contributed by atoms with Gasteiger partial charge >= 0.3 is 0 Å². The first kappa shape index (κ1) is 17.9. The second kappa shape index (κ2) is 9.01. The van der Waals surface area contributed by atoms with Gasteiger partial charge in [-0.1, -0.05) is 43.1 Å². The van der Waals surface area contributed by atoms with E-state index in [0.717, 1.165) is 32.3 Å². The van der Waals surface area contributed by atoms with Gasteiger partial charge < -0.3 is 10.5 Å². The summed E-state index contributed by atoms with van der Waals surface area (Å²) in [4.78, 5) is 0. The van der Waals surface area contributed by atoms with Crippen molar-refractivity contribution in [3.63, 3.8) is 0 Å². The van der Waals surface area contributed by atoms with Gasteiger partial charge in [0.05, 0.1) is 12.7 Å². The van der Waals surface area contributed by atoms with E-state index in [9.17, 15) is 0 Å². The Morgan fingerprint density at radius 1 is 1.17 bits per heavy atom. The van der Waals surface area contributed by atoms with Gasteiger partial charge in [0, 0.05) is 6.04 Å². The van der Waals surface area contributed by atoms with Gasteiger partial charge in [0.2, 0.25) is 0 Å². The van der Waals surface area contributed by atoms with Gasteiger partial charge in [-0.2, -0.15) is 0 Å². The molecule has 0 fully saturated rings. The quantitative estimate of drug-likeness (QED) is 0.618. The first-order valence-corrected chi connectivity index (χ1v) is 10.2. The Kier molecular flexibility index (Phi) is 6.74. The zero-order chi connectivity index (χ0) is 16.8. The van der Waals surface area contributed by atoms with E-state index in [2.05, 4.69) is 19.1 Å². The Bertz CT molecular complexity index is 514. The number of nitrogens with two attached hydrogens (primary N) is 1. The van der Waals surface area contributed by atoms with E-state index < -0.39 is 0 Å². The molecule has 3 aliphatic rings. The highest BCUT2D eigenvalue weighted by Gasteiger charge is 2.20. The number of allylic oxidation sites excluding steroid dienone is 3. The first-order chi connectivity index (χ1) is 11.8. The fourth-order valence-electron chi connectivity index (χ4n) is 4.35. The maximum atomic E-state index is 6.31. The molecule has 2 unspecified atom stereocenters. The van der Waals surface area contributed by atoms with Crippen LogP contribution in [0.15, 0.2) is 34.4 Å². The average Bonchev–Trinajstić information content (AvgIpc) is 2.64. The number of unbranched alkanes of at least 4 members (excludes halogenated alkanes) is 1. The summed E-state index contributed by atoms with van der Waals surface area (Å²) < 4.78 is 6.24. The van der Waals surface area contributed by atoms with E-state index in [0.29, 0.717) is 6.10 Å². The molecule has 0 aromatic rings. The topological polar surface area (TPSA) is 35.2 Å². The molecule has 0 aliphatic heterocycles. The molecule has 134 valence electrons. The van der Waals surface area contributed by atoms with Gasteiger partial charge in [0.25, 0.3) is 0 Å². The average molecular weight is 330 g/mol. The number of hydrogen-bond donors (Lipinski definition) is 1. The minimum atomic E-state index is 0.281. The molecule has 0 spiro atoms. The second-order valence-electron chi connectivity index (χ2n) is 7.87. The molecule has 0 amide bonds. The van der Waals surface area contributed by atoms with E-state index in [1.807, 2.05) is 0 Å². The Balaban J connectivity index is 1.44. The lowest BCUT2D eigenvalue weighted by atomic mass is 9.83. The van der Waals surface area contributed by atoms with E-state index in [1.165, 1.54) is 62.5 Å². The van der Waals surface area contributed by atoms with E-state index in [4.69, 9.17) is 10.5 Å². The van der Waals surface area contributed by atoms with Crippen LogP contribution in [-0.4, -0.2) is 18.8 Å². The van der Waals surface area contributed by atoms with E-state index >= 15 is 0 Å². The van der Waals surface area contributed by atoms with Gasteiger partial charge in [0.15, 0.2) is 0 Å². The maximum absolute atomic E-state index is 6.31. The third kappa shape index (κ3) is 4.83. The van der Waals surface area contributed by atoms with Crippen LogP contribution in [0.5, 0.6) is 0 Å². The number of rotatable bonds is 7. The molecule has 24 heavy (non-hydrogen) atoms. The molecular weight excluding hydrogens is 294 g/mol. The molecule has 0 aromatic heterocycles. The van der Waals surface area contributed by atoms with Crippen molar-refractivity contribution in [2.24, 2.45) is 5.73 Å². The van der Waals surface area contributed by atoms with Crippen molar-refractivity contribution < 1.29 is 4.74 Å². The highest BCUT2D eigenvalue weighted by Crippen LogP contribution is 2.34. The largest absolute Gasteiger partial charge is 0.374 e. The predicted octanol–water partition coefficient (Wildman–Crippen LogP) is 5.59. The van der Waals surface area contributed by atoms with E-state index in [1.54, 1.807) is 11.1 Å². The van der Waals surface area contributed by atoms with Crippen LogP contribution in [0.25, 0.3) is 0 Å². The molecule has 2 nitrogen and oxygen atoms in total. The molecule has 3 aliphatic carbocycles. The Labute approximate surface area is 148 Å². The molecule has 0 saturated heterocycles. The van der Waals surface area contributed by atoms with Crippen LogP contribution >= 0.6 is 0 Å². The maximum Gasteiger partial charge on any atom is 0.0683 e. The lowest BCUT2D eigenvalue weighted by molar-refractivity contribution is 0.0604. The summed E-state index contributed by atoms with van der Waals surface area (Å²) in [5.74, 6) is 0. The lowest BCUT2D eigenvalue weighted by Gasteiger charge is -2.27. The summed E-state index contributed by atoms with van der Waals surface area (Å²) in [6.45, 7) is 3.07. The minimum Gasteiger partial charge on any atom is -0.374 e. The van der Waals surface area contributed by atoms with Crippen molar-refractivity contribution in [1.29, 1.82) is 0 Å². The zero-order valence-corrected chi connectivity index (χ0v) is 15.5. The van der Waals surface area contributed by atoms with Crippen molar-refractivity contribution in [3.05, 3.63) is 34.4 Å². The molecule has 0 saturated carbocycles. The minimum absolute atomic E-state index is 0.281. The standard InChI is InChI=1S/C22H35NO/c1-2-3-8-22(23)19-11-13-21(14-12-19)24-16-17-9-10-18-6-4-5-7-20(18)15-17/h11,15,21-22H,2-10,12-14,16,23H2,1H3. The molecule has 2 heteroatoms. The molecule has 2 atom stereocenters. The molecule has 2 N–H and O–H groups in total. The van der Waals surface area contributed by atoms with E-state index in [-0.39, 0.29) is 6.04 Å². The van der Waals surface area contributed by atoms with Crippen molar-refractivity contribution in [2.45, 2.75) is 96.1 Å². The highest BCUT2D eigenvalue weighted by atomic mass is 16.5. The van der Waals surface area contributed by atoms with Crippen LogP contribution in [0.4, 0.5) is 0 Å². The third-order valence-electron chi connectivity index (χ3n) is 6.00. The van der Waals surface area contributed by atoms with Gasteiger partial charge in [-0.15, -0.1) is 0 Å². The number of ether oxygens (including phenoxy) is 1. The summed E-state index contributed by atoms with van der Waals surface area (Å²) in [5.41, 5.74) is 12.7. The van der Waals surface area contributed by atoms with Gasteiger partial charge in [0.1, 0.15) is 0 Å². The fourth-order valence-corrected chi connectivity index (χ4v) is 4.35. The zero-order valence-electron chi connectivity index (χ0n) is 15.5.